The average Bonchev–Trinajstić information content (AvgIpc) is 3.22. The van der Waals surface area contributed by atoms with E-state index in [2.05, 4.69) is 46.1 Å². The molecule has 144 valence electrons. The van der Waals surface area contributed by atoms with Gasteiger partial charge in [-0.3, -0.25) is 9.78 Å². The standard InChI is InChI=1S/C22H24N4OS/c1-17-5-4-6-19(15-17)25-11-13-26(14-12-25)21(27)9-8-18-16-28-22(24-18)20-7-2-3-10-23-20/h2-7,10,15-16H,8-9,11-14H2,1H3. The first kappa shape index (κ1) is 18.6. The molecule has 1 amide bonds. The number of rotatable bonds is 5. The van der Waals surface area contributed by atoms with Crippen LogP contribution in [0.15, 0.2) is 54.0 Å². The number of anilines is 1. The van der Waals surface area contributed by atoms with E-state index >= 15 is 0 Å². The zero-order valence-corrected chi connectivity index (χ0v) is 16.9. The van der Waals surface area contributed by atoms with Gasteiger partial charge in [0.1, 0.15) is 5.01 Å². The summed E-state index contributed by atoms with van der Waals surface area (Å²) < 4.78 is 0. The lowest BCUT2D eigenvalue weighted by Crippen LogP contribution is -2.48. The molecule has 3 aromatic rings. The number of amides is 1. The number of hydrogen-bond acceptors (Lipinski definition) is 5. The van der Waals surface area contributed by atoms with Crippen molar-refractivity contribution in [3.63, 3.8) is 0 Å². The first-order chi connectivity index (χ1) is 13.7. The second-order valence-corrected chi connectivity index (χ2v) is 7.92. The Morgan fingerprint density at radius 2 is 1.96 bits per heavy atom. The van der Waals surface area contributed by atoms with Crippen molar-refractivity contribution in [3.8, 4) is 10.7 Å². The van der Waals surface area contributed by atoms with Crippen molar-refractivity contribution in [2.24, 2.45) is 0 Å². The summed E-state index contributed by atoms with van der Waals surface area (Å²) in [5.41, 5.74) is 4.37. The van der Waals surface area contributed by atoms with E-state index in [9.17, 15) is 4.79 Å². The van der Waals surface area contributed by atoms with Crippen molar-refractivity contribution in [2.75, 3.05) is 31.1 Å². The number of carbonyl (C=O) groups is 1. The summed E-state index contributed by atoms with van der Waals surface area (Å²) in [5, 5.41) is 2.95. The van der Waals surface area contributed by atoms with E-state index in [0.29, 0.717) is 12.8 Å². The molecule has 1 saturated heterocycles. The quantitative estimate of drug-likeness (QED) is 0.663. The molecule has 0 radical (unpaired) electrons. The fourth-order valence-electron chi connectivity index (χ4n) is 3.46. The van der Waals surface area contributed by atoms with Gasteiger partial charge in [-0.25, -0.2) is 4.98 Å². The van der Waals surface area contributed by atoms with E-state index in [0.717, 1.165) is 42.6 Å². The second kappa shape index (κ2) is 8.52. The largest absolute Gasteiger partial charge is 0.368 e. The van der Waals surface area contributed by atoms with Crippen LogP contribution in [0.4, 0.5) is 5.69 Å². The van der Waals surface area contributed by atoms with Crippen LogP contribution < -0.4 is 4.90 Å². The number of benzene rings is 1. The van der Waals surface area contributed by atoms with Gasteiger partial charge in [-0.1, -0.05) is 18.2 Å². The van der Waals surface area contributed by atoms with Gasteiger partial charge in [0.15, 0.2) is 0 Å². The van der Waals surface area contributed by atoms with Gasteiger partial charge in [0, 0.05) is 49.9 Å². The molecule has 1 aromatic carbocycles. The van der Waals surface area contributed by atoms with Gasteiger partial charge in [0.2, 0.25) is 5.91 Å². The molecule has 5 nitrogen and oxygen atoms in total. The van der Waals surface area contributed by atoms with Gasteiger partial charge in [-0.15, -0.1) is 11.3 Å². The number of nitrogens with zero attached hydrogens (tertiary/aromatic N) is 4. The van der Waals surface area contributed by atoms with Crippen LogP contribution >= 0.6 is 11.3 Å². The Hall–Kier alpha value is -2.73. The van der Waals surface area contributed by atoms with Crippen LogP contribution in [0.25, 0.3) is 10.7 Å². The van der Waals surface area contributed by atoms with Crippen molar-refractivity contribution in [1.82, 2.24) is 14.9 Å². The second-order valence-electron chi connectivity index (χ2n) is 7.07. The van der Waals surface area contributed by atoms with Crippen LogP contribution in [0.3, 0.4) is 0 Å². The molecule has 0 N–H and O–H groups in total. The molecular formula is C22H24N4OS. The molecule has 0 bridgehead atoms. The van der Waals surface area contributed by atoms with Crippen molar-refractivity contribution in [2.45, 2.75) is 19.8 Å². The van der Waals surface area contributed by atoms with Gasteiger partial charge in [-0.05, 0) is 43.2 Å². The number of hydrogen-bond donors (Lipinski definition) is 0. The summed E-state index contributed by atoms with van der Waals surface area (Å²) in [7, 11) is 0. The van der Waals surface area contributed by atoms with Crippen LogP contribution in [0, 0.1) is 6.92 Å². The van der Waals surface area contributed by atoms with E-state index < -0.39 is 0 Å². The highest BCUT2D eigenvalue weighted by Gasteiger charge is 2.21. The van der Waals surface area contributed by atoms with Crippen molar-refractivity contribution >= 4 is 22.9 Å². The molecule has 1 aliphatic rings. The minimum Gasteiger partial charge on any atom is -0.368 e. The maximum atomic E-state index is 12.6. The monoisotopic (exact) mass is 392 g/mol. The van der Waals surface area contributed by atoms with Crippen LogP contribution in [0.5, 0.6) is 0 Å². The minimum atomic E-state index is 0.219. The lowest BCUT2D eigenvalue weighted by atomic mass is 10.1. The summed E-state index contributed by atoms with van der Waals surface area (Å²) in [5.74, 6) is 0.219. The number of carbonyl (C=O) groups excluding carboxylic acids is 1. The smallest absolute Gasteiger partial charge is 0.223 e. The Morgan fingerprint density at radius 3 is 2.71 bits per heavy atom. The SMILES string of the molecule is Cc1cccc(N2CCN(C(=O)CCc3csc(-c4ccccn4)n3)CC2)c1. The van der Waals surface area contributed by atoms with Crippen molar-refractivity contribution in [3.05, 3.63) is 65.3 Å². The van der Waals surface area contributed by atoms with Gasteiger partial charge >= 0.3 is 0 Å². The van der Waals surface area contributed by atoms with E-state index in [1.807, 2.05) is 28.5 Å². The van der Waals surface area contributed by atoms with Gasteiger partial charge < -0.3 is 9.80 Å². The Kier molecular flexibility index (Phi) is 5.67. The fraction of sp³-hybridized carbons (Fsp3) is 0.318. The predicted molar refractivity (Wildman–Crippen MR) is 114 cm³/mol. The third-order valence-electron chi connectivity index (χ3n) is 5.03. The molecule has 0 atom stereocenters. The van der Waals surface area contributed by atoms with E-state index in [4.69, 9.17) is 0 Å². The first-order valence-electron chi connectivity index (χ1n) is 9.64. The van der Waals surface area contributed by atoms with Crippen LogP contribution in [-0.2, 0) is 11.2 Å². The number of aromatic nitrogens is 2. The molecule has 6 heteroatoms. The van der Waals surface area contributed by atoms with E-state index in [1.54, 1.807) is 17.5 Å². The normalized spacial score (nSPS) is 14.3. The number of thiazole rings is 1. The van der Waals surface area contributed by atoms with Crippen LogP contribution in [-0.4, -0.2) is 47.0 Å². The van der Waals surface area contributed by atoms with Gasteiger partial charge in [0.05, 0.1) is 11.4 Å². The van der Waals surface area contributed by atoms with Crippen LogP contribution in [0.2, 0.25) is 0 Å². The van der Waals surface area contributed by atoms with E-state index in [-0.39, 0.29) is 5.91 Å². The Balaban J connectivity index is 1.28. The summed E-state index contributed by atoms with van der Waals surface area (Å²) >= 11 is 1.58. The Labute approximate surface area is 169 Å². The molecule has 3 heterocycles. The molecule has 0 spiro atoms. The molecule has 1 aliphatic heterocycles. The number of pyridine rings is 1. The summed E-state index contributed by atoms with van der Waals surface area (Å²) in [4.78, 5) is 25.9. The lowest BCUT2D eigenvalue weighted by molar-refractivity contribution is -0.131. The zero-order valence-electron chi connectivity index (χ0n) is 16.0. The number of aryl methyl sites for hydroxylation is 2. The average molecular weight is 393 g/mol. The van der Waals surface area contributed by atoms with Crippen LogP contribution in [0.1, 0.15) is 17.7 Å². The topological polar surface area (TPSA) is 49.3 Å². The Bertz CT molecular complexity index is 932. The third-order valence-corrected chi connectivity index (χ3v) is 5.94. The highest BCUT2D eigenvalue weighted by atomic mass is 32.1. The van der Waals surface area contributed by atoms with E-state index in [1.165, 1.54) is 11.3 Å². The molecule has 0 saturated carbocycles. The zero-order chi connectivity index (χ0) is 19.3. The molecule has 0 unspecified atom stereocenters. The minimum absolute atomic E-state index is 0.219. The highest BCUT2D eigenvalue weighted by Crippen LogP contribution is 2.22. The van der Waals surface area contributed by atoms with Gasteiger partial charge in [-0.2, -0.15) is 0 Å². The maximum absolute atomic E-state index is 12.6. The molecule has 1 fully saturated rings. The molecule has 4 rings (SSSR count). The third kappa shape index (κ3) is 4.39. The number of piperazine rings is 1. The fourth-order valence-corrected chi connectivity index (χ4v) is 4.29. The Morgan fingerprint density at radius 1 is 1.11 bits per heavy atom. The summed E-state index contributed by atoms with van der Waals surface area (Å²) in [6.07, 6.45) is 2.96. The van der Waals surface area contributed by atoms with Gasteiger partial charge in [0.25, 0.3) is 0 Å². The maximum Gasteiger partial charge on any atom is 0.223 e. The molecule has 28 heavy (non-hydrogen) atoms. The lowest BCUT2D eigenvalue weighted by Gasteiger charge is -2.36. The van der Waals surface area contributed by atoms with Crippen molar-refractivity contribution < 1.29 is 4.79 Å². The first-order valence-corrected chi connectivity index (χ1v) is 10.5. The molecular weight excluding hydrogens is 368 g/mol. The summed E-state index contributed by atoms with van der Waals surface area (Å²) in [6, 6.07) is 14.4. The van der Waals surface area contributed by atoms with Crippen molar-refractivity contribution in [1.29, 1.82) is 0 Å². The molecule has 0 aliphatic carbocycles. The highest BCUT2D eigenvalue weighted by molar-refractivity contribution is 7.13. The summed E-state index contributed by atoms with van der Waals surface area (Å²) in [6.45, 7) is 5.44. The predicted octanol–water partition coefficient (Wildman–Crippen LogP) is 3.79. The molecule has 2 aromatic heterocycles.